The number of para-hydroxylation sites is 1. The summed E-state index contributed by atoms with van der Waals surface area (Å²) in [6.45, 7) is 0. The van der Waals surface area contributed by atoms with E-state index < -0.39 is 34.8 Å². The maximum Gasteiger partial charge on any atom is 0.418 e. The van der Waals surface area contributed by atoms with E-state index in [1.807, 2.05) is 0 Å². The summed E-state index contributed by atoms with van der Waals surface area (Å²) >= 11 is 0.774. The van der Waals surface area contributed by atoms with Crippen LogP contribution in [0.15, 0.2) is 36.4 Å². The van der Waals surface area contributed by atoms with E-state index in [1.165, 1.54) is 12.1 Å². The van der Waals surface area contributed by atoms with Crippen LogP contribution in [-0.4, -0.2) is 10.9 Å². The van der Waals surface area contributed by atoms with Gasteiger partial charge < -0.3 is 0 Å². The molecule has 1 N–H and O–H groups in total. The number of nitrogens with zero attached hydrogens (tertiary/aromatic N) is 1. The van der Waals surface area contributed by atoms with Gasteiger partial charge in [-0.3, -0.25) is 10.1 Å². The number of carbonyl (C=O) groups excluding carboxylic acids is 1. The van der Waals surface area contributed by atoms with E-state index in [0.29, 0.717) is 0 Å². The number of hydrogen-bond donors (Lipinski definition) is 1. The molecular formula is C15H7F5N2OS. The zero-order valence-electron chi connectivity index (χ0n) is 11.6. The maximum absolute atomic E-state index is 13.6. The van der Waals surface area contributed by atoms with Crippen LogP contribution in [0.25, 0.3) is 10.2 Å². The second-order valence-corrected chi connectivity index (χ2v) is 5.75. The third-order valence-electron chi connectivity index (χ3n) is 3.13. The minimum absolute atomic E-state index is 0.186. The molecule has 0 aliphatic rings. The van der Waals surface area contributed by atoms with E-state index in [1.54, 1.807) is 0 Å². The van der Waals surface area contributed by atoms with Crippen molar-refractivity contribution in [2.45, 2.75) is 6.18 Å². The fourth-order valence-electron chi connectivity index (χ4n) is 2.11. The third kappa shape index (κ3) is 2.94. The van der Waals surface area contributed by atoms with Crippen LogP contribution in [-0.2, 0) is 6.18 Å². The van der Waals surface area contributed by atoms with Gasteiger partial charge in [0.05, 0.1) is 15.8 Å². The van der Waals surface area contributed by atoms with Crippen molar-refractivity contribution in [3.8, 4) is 0 Å². The second kappa shape index (κ2) is 5.82. The first kappa shape index (κ1) is 16.3. The molecular weight excluding hydrogens is 351 g/mol. The van der Waals surface area contributed by atoms with Gasteiger partial charge in [-0.25, -0.2) is 13.8 Å². The van der Waals surface area contributed by atoms with E-state index in [0.717, 1.165) is 35.6 Å². The lowest BCUT2D eigenvalue weighted by atomic mass is 10.2. The normalized spacial score (nSPS) is 11.7. The van der Waals surface area contributed by atoms with Crippen molar-refractivity contribution in [3.63, 3.8) is 0 Å². The average molecular weight is 358 g/mol. The van der Waals surface area contributed by atoms with Crippen LogP contribution in [0.4, 0.5) is 27.1 Å². The molecule has 1 aromatic heterocycles. The first-order chi connectivity index (χ1) is 11.3. The zero-order chi connectivity index (χ0) is 17.5. The Morgan fingerprint density at radius 2 is 1.67 bits per heavy atom. The minimum Gasteiger partial charge on any atom is -0.298 e. The van der Waals surface area contributed by atoms with Crippen molar-refractivity contribution in [2.24, 2.45) is 0 Å². The fraction of sp³-hybridized carbons (Fsp3) is 0.0667. The Morgan fingerprint density at radius 1 is 1.04 bits per heavy atom. The van der Waals surface area contributed by atoms with Crippen molar-refractivity contribution >= 4 is 32.6 Å². The highest BCUT2D eigenvalue weighted by atomic mass is 32.1. The van der Waals surface area contributed by atoms with Crippen LogP contribution in [0.5, 0.6) is 0 Å². The van der Waals surface area contributed by atoms with Gasteiger partial charge in [-0.2, -0.15) is 13.2 Å². The Labute approximate surface area is 135 Å². The van der Waals surface area contributed by atoms with Crippen LogP contribution < -0.4 is 5.32 Å². The molecule has 0 fully saturated rings. The summed E-state index contributed by atoms with van der Waals surface area (Å²) in [6.07, 6.45) is -4.60. The van der Waals surface area contributed by atoms with Gasteiger partial charge in [0.15, 0.2) is 5.13 Å². The van der Waals surface area contributed by atoms with Crippen molar-refractivity contribution in [1.29, 1.82) is 0 Å². The Hall–Kier alpha value is -2.55. The van der Waals surface area contributed by atoms with Crippen LogP contribution in [0.3, 0.4) is 0 Å². The molecule has 3 aromatic rings. The van der Waals surface area contributed by atoms with Crippen LogP contribution in [0.2, 0.25) is 0 Å². The molecule has 3 rings (SSSR count). The fourth-order valence-corrected chi connectivity index (χ4v) is 2.99. The number of hydrogen-bond acceptors (Lipinski definition) is 3. The highest BCUT2D eigenvalue weighted by Gasteiger charge is 2.33. The number of anilines is 1. The Bertz CT molecular complexity index is 915. The predicted octanol–water partition coefficient (Wildman–Crippen LogP) is 4.85. The Morgan fingerprint density at radius 3 is 2.29 bits per heavy atom. The van der Waals surface area contributed by atoms with Crippen molar-refractivity contribution in [2.75, 3.05) is 5.32 Å². The number of alkyl halides is 3. The van der Waals surface area contributed by atoms with E-state index >= 15 is 0 Å². The number of thiazole rings is 1. The molecule has 0 atom stereocenters. The average Bonchev–Trinajstić information content (AvgIpc) is 2.87. The zero-order valence-corrected chi connectivity index (χ0v) is 12.4. The number of fused-ring (bicyclic) bond motifs is 1. The van der Waals surface area contributed by atoms with Gasteiger partial charge in [0, 0.05) is 0 Å². The maximum atomic E-state index is 13.6. The van der Waals surface area contributed by atoms with Crippen LogP contribution in [0, 0.1) is 11.6 Å². The SMILES string of the molecule is O=C(Nc1nc2c(C(F)(F)F)cccc2s1)c1c(F)cccc1F. The molecule has 0 bridgehead atoms. The molecule has 0 spiro atoms. The van der Waals surface area contributed by atoms with Gasteiger partial charge in [-0.1, -0.05) is 23.5 Å². The first-order valence-electron chi connectivity index (χ1n) is 6.49. The topological polar surface area (TPSA) is 42.0 Å². The molecule has 3 nitrogen and oxygen atoms in total. The van der Waals surface area contributed by atoms with Crippen molar-refractivity contribution in [1.82, 2.24) is 4.98 Å². The predicted molar refractivity (Wildman–Crippen MR) is 78.9 cm³/mol. The minimum atomic E-state index is -4.60. The molecule has 0 saturated carbocycles. The van der Waals surface area contributed by atoms with Gasteiger partial charge >= 0.3 is 6.18 Å². The van der Waals surface area contributed by atoms with E-state index in [2.05, 4.69) is 10.3 Å². The largest absolute Gasteiger partial charge is 0.418 e. The number of carbonyl (C=O) groups is 1. The summed E-state index contributed by atoms with van der Waals surface area (Å²) in [6, 6.07) is 6.38. The van der Waals surface area contributed by atoms with Gasteiger partial charge in [0.25, 0.3) is 5.91 Å². The van der Waals surface area contributed by atoms with Crippen molar-refractivity contribution in [3.05, 3.63) is 59.2 Å². The van der Waals surface area contributed by atoms with E-state index in [9.17, 15) is 26.7 Å². The second-order valence-electron chi connectivity index (χ2n) is 4.72. The number of benzene rings is 2. The lowest BCUT2D eigenvalue weighted by Crippen LogP contribution is -2.15. The Balaban J connectivity index is 1.98. The summed E-state index contributed by atoms with van der Waals surface area (Å²) in [5.41, 5.74) is -2.11. The number of rotatable bonds is 2. The lowest BCUT2D eigenvalue weighted by Gasteiger charge is -2.06. The smallest absolute Gasteiger partial charge is 0.298 e. The quantitative estimate of drug-likeness (QED) is 0.666. The standard InChI is InChI=1S/C15H7F5N2OS/c16-8-4-2-5-9(17)11(8)13(23)22-14-21-12-7(15(18,19)20)3-1-6-10(12)24-14/h1-6H,(H,21,22,23). The monoisotopic (exact) mass is 358 g/mol. The first-order valence-corrected chi connectivity index (χ1v) is 7.31. The molecule has 2 aromatic carbocycles. The van der Waals surface area contributed by atoms with Gasteiger partial charge in [-0.15, -0.1) is 0 Å². The molecule has 1 amide bonds. The van der Waals surface area contributed by atoms with Gasteiger partial charge in [0.2, 0.25) is 0 Å². The third-order valence-corrected chi connectivity index (χ3v) is 4.07. The number of amides is 1. The molecule has 0 radical (unpaired) electrons. The van der Waals surface area contributed by atoms with Crippen LogP contribution in [0.1, 0.15) is 15.9 Å². The molecule has 0 aliphatic carbocycles. The lowest BCUT2D eigenvalue weighted by molar-refractivity contribution is -0.136. The molecule has 0 aliphatic heterocycles. The molecule has 9 heteroatoms. The van der Waals surface area contributed by atoms with E-state index in [4.69, 9.17) is 0 Å². The summed E-state index contributed by atoms with van der Waals surface area (Å²) < 4.78 is 66.1. The molecule has 124 valence electrons. The molecule has 0 saturated heterocycles. The van der Waals surface area contributed by atoms with Gasteiger partial charge in [-0.05, 0) is 24.3 Å². The highest BCUT2D eigenvalue weighted by Crippen LogP contribution is 2.37. The summed E-state index contributed by atoms with van der Waals surface area (Å²) in [5.74, 6) is -3.28. The highest BCUT2D eigenvalue weighted by molar-refractivity contribution is 7.22. The van der Waals surface area contributed by atoms with Crippen molar-refractivity contribution < 1.29 is 26.7 Å². The summed E-state index contributed by atoms with van der Waals surface area (Å²) in [7, 11) is 0. The van der Waals surface area contributed by atoms with E-state index in [-0.39, 0.29) is 15.3 Å². The molecule has 1 heterocycles. The Kier molecular flexibility index (Phi) is 3.96. The summed E-state index contributed by atoms with van der Waals surface area (Å²) in [4.78, 5) is 15.7. The summed E-state index contributed by atoms with van der Waals surface area (Å²) in [5, 5.41) is 1.94. The molecule has 24 heavy (non-hydrogen) atoms. The number of halogens is 5. The number of nitrogens with one attached hydrogen (secondary N) is 1. The van der Waals surface area contributed by atoms with Gasteiger partial charge in [0.1, 0.15) is 17.2 Å². The number of aromatic nitrogens is 1. The molecule has 0 unspecified atom stereocenters. The van der Waals surface area contributed by atoms with Crippen LogP contribution >= 0.6 is 11.3 Å².